The molecule has 0 fully saturated rings. The van der Waals surface area contributed by atoms with Crippen molar-refractivity contribution in [2.24, 2.45) is 0 Å². The molecule has 27 heavy (non-hydrogen) atoms. The third kappa shape index (κ3) is 3.46. The van der Waals surface area contributed by atoms with Gasteiger partial charge in [-0.2, -0.15) is 0 Å². The normalized spacial score (nSPS) is 11.2. The first-order valence-electron chi connectivity index (χ1n) is 8.51. The lowest BCUT2D eigenvalue weighted by atomic mass is 10.2. The molecule has 1 amide bonds. The van der Waals surface area contributed by atoms with Crippen molar-refractivity contribution in [1.29, 1.82) is 0 Å². The van der Waals surface area contributed by atoms with E-state index in [0.29, 0.717) is 33.2 Å². The Kier molecular flexibility index (Phi) is 4.68. The zero-order chi connectivity index (χ0) is 19.0. The first-order valence-corrected chi connectivity index (χ1v) is 9.71. The molecule has 7 heteroatoms. The number of nitrogens with one attached hydrogen (secondary N) is 1. The number of halogens is 1. The molecule has 2 aromatic heterocycles. The minimum absolute atomic E-state index is 0.0764. The van der Waals surface area contributed by atoms with Crippen molar-refractivity contribution in [2.45, 2.75) is 13.5 Å². The number of carbonyl (C=O) groups excluding carboxylic acids is 1. The molecule has 0 bridgehead atoms. The fourth-order valence-electron chi connectivity index (χ4n) is 2.99. The molecule has 0 aliphatic heterocycles. The maximum atomic E-state index is 12.9. The number of hydrogen-bond donors (Lipinski definition) is 1. The summed E-state index contributed by atoms with van der Waals surface area (Å²) in [6.45, 7) is 2.63. The summed E-state index contributed by atoms with van der Waals surface area (Å²) >= 11 is 7.48. The number of thiophene rings is 1. The number of carbonyl (C=O) groups is 1. The van der Waals surface area contributed by atoms with Gasteiger partial charge in [-0.3, -0.25) is 9.59 Å². The molecule has 0 unspecified atom stereocenters. The summed E-state index contributed by atoms with van der Waals surface area (Å²) < 4.78 is 1.07. The number of aromatic amines is 1. The van der Waals surface area contributed by atoms with Crippen molar-refractivity contribution >= 4 is 49.8 Å². The number of hydrogen-bond acceptors (Lipinski definition) is 4. The Morgan fingerprint density at radius 3 is 2.81 bits per heavy atom. The highest BCUT2D eigenvalue weighted by Crippen LogP contribution is 2.26. The van der Waals surface area contributed by atoms with E-state index in [0.717, 1.165) is 10.1 Å². The average molecular weight is 398 g/mol. The molecule has 0 aliphatic carbocycles. The van der Waals surface area contributed by atoms with E-state index in [1.165, 1.54) is 11.3 Å². The van der Waals surface area contributed by atoms with E-state index in [-0.39, 0.29) is 18.0 Å². The van der Waals surface area contributed by atoms with Gasteiger partial charge in [-0.05, 0) is 42.6 Å². The predicted octanol–water partition coefficient (Wildman–Crippen LogP) is 4.45. The molecule has 0 atom stereocenters. The summed E-state index contributed by atoms with van der Waals surface area (Å²) in [6.07, 6.45) is 0. The van der Waals surface area contributed by atoms with Crippen molar-refractivity contribution < 1.29 is 4.79 Å². The monoisotopic (exact) mass is 397 g/mol. The second-order valence-corrected chi connectivity index (χ2v) is 7.66. The maximum absolute atomic E-state index is 12.9. The number of H-pyrrole nitrogens is 1. The van der Waals surface area contributed by atoms with Crippen LogP contribution in [-0.2, 0) is 6.54 Å². The fraction of sp³-hybridized carbons (Fsp3) is 0.150. The molecule has 0 saturated carbocycles. The van der Waals surface area contributed by atoms with Gasteiger partial charge in [-0.1, -0.05) is 29.8 Å². The van der Waals surface area contributed by atoms with Crippen molar-refractivity contribution in [3.63, 3.8) is 0 Å². The van der Waals surface area contributed by atoms with Crippen LogP contribution in [-0.4, -0.2) is 27.3 Å². The Balaban J connectivity index is 1.66. The lowest BCUT2D eigenvalue weighted by molar-refractivity contribution is 0.0753. The number of amides is 1. The van der Waals surface area contributed by atoms with Crippen molar-refractivity contribution in [3.05, 3.63) is 74.6 Å². The second kappa shape index (κ2) is 7.13. The van der Waals surface area contributed by atoms with E-state index in [1.807, 2.05) is 37.3 Å². The molecule has 0 saturated heterocycles. The summed E-state index contributed by atoms with van der Waals surface area (Å²) in [6, 6.07) is 14.8. The average Bonchev–Trinajstić information content (AvgIpc) is 3.09. The van der Waals surface area contributed by atoms with Gasteiger partial charge < -0.3 is 9.88 Å². The number of fused-ring (bicyclic) bond motifs is 2. The fourth-order valence-corrected chi connectivity index (χ4v) is 4.18. The van der Waals surface area contributed by atoms with Crippen LogP contribution in [0.5, 0.6) is 0 Å². The Bertz CT molecular complexity index is 1180. The zero-order valence-electron chi connectivity index (χ0n) is 14.5. The molecule has 2 aromatic carbocycles. The van der Waals surface area contributed by atoms with Gasteiger partial charge in [0.05, 0.1) is 22.3 Å². The maximum Gasteiger partial charge on any atom is 0.264 e. The Labute approximate surface area is 164 Å². The molecular weight excluding hydrogens is 382 g/mol. The summed E-state index contributed by atoms with van der Waals surface area (Å²) in [5.74, 6) is 0.360. The van der Waals surface area contributed by atoms with Crippen molar-refractivity contribution in [3.8, 4) is 0 Å². The molecule has 0 radical (unpaired) electrons. The summed E-state index contributed by atoms with van der Waals surface area (Å²) in [5, 5.41) is 2.04. The van der Waals surface area contributed by atoms with E-state index in [1.54, 1.807) is 23.1 Å². The van der Waals surface area contributed by atoms with Crippen LogP contribution in [0.2, 0.25) is 5.02 Å². The Morgan fingerprint density at radius 2 is 2.04 bits per heavy atom. The van der Waals surface area contributed by atoms with Gasteiger partial charge >= 0.3 is 0 Å². The van der Waals surface area contributed by atoms with Gasteiger partial charge in [0.15, 0.2) is 0 Å². The van der Waals surface area contributed by atoms with Crippen LogP contribution in [0.15, 0.2) is 53.3 Å². The van der Waals surface area contributed by atoms with Gasteiger partial charge in [0, 0.05) is 16.3 Å². The first-order chi connectivity index (χ1) is 13.0. The van der Waals surface area contributed by atoms with E-state index in [9.17, 15) is 9.59 Å². The van der Waals surface area contributed by atoms with E-state index in [4.69, 9.17) is 11.6 Å². The molecule has 4 aromatic rings. The molecule has 0 aliphatic rings. The predicted molar refractivity (Wildman–Crippen MR) is 110 cm³/mol. The molecular formula is C20H16ClN3O2S. The lowest BCUT2D eigenvalue weighted by Crippen LogP contribution is -2.31. The van der Waals surface area contributed by atoms with E-state index >= 15 is 0 Å². The molecule has 136 valence electrons. The third-order valence-corrected chi connectivity index (χ3v) is 5.70. The van der Waals surface area contributed by atoms with Crippen LogP contribution in [0, 0.1) is 0 Å². The van der Waals surface area contributed by atoms with Crippen molar-refractivity contribution in [2.75, 3.05) is 6.54 Å². The highest BCUT2D eigenvalue weighted by molar-refractivity contribution is 7.20. The topological polar surface area (TPSA) is 66.1 Å². The van der Waals surface area contributed by atoms with Gasteiger partial charge in [0.25, 0.3) is 11.5 Å². The highest BCUT2D eigenvalue weighted by Gasteiger charge is 2.18. The van der Waals surface area contributed by atoms with Crippen LogP contribution in [0.25, 0.3) is 21.0 Å². The summed E-state index contributed by atoms with van der Waals surface area (Å²) in [5.41, 5.74) is 0.281. The van der Waals surface area contributed by atoms with Crippen LogP contribution < -0.4 is 5.56 Å². The Morgan fingerprint density at radius 1 is 1.22 bits per heavy atom. The van der Waals surface area contributed by atoms with E-state index < -0.39 is 0 Å². The Hall–Kier alpha value is -2.70. The summed E-state index contributed by atoms with van der Waals surface area (Å²) in [4.78, 5) is 34.8. The van der Waals surface area contributed by atoms with Crippen LogP contribution in [0.3, 0.4) is 0 Å². The molecule has 1 N–H and O–H groups in total. The summed E-state index contributed by atoms with van der Waals surface area (Å²) in [7, 11) is 0. The SMILES string of the molecule is CCN(Cc1nc2cc(Cl)ccc2c(=O)[nH]1)C(=O)c1cc2ccccc2s1. The third-order valence-electron chi connectivity index (χ3n) is 4.36. The molecule has 0 spiro atoms. The smallest absolute Gasteiger partial charge is 0.264 e. The standard InChI is InChI=1S/C20H16ClN3O2S/c1-2-24(20(26)17-9-12-5-3-4-6-16(12)27-17)11-18-22-15-10-13(21)7-8-14(15)19(25)23-18/h3-10H,2,11H2,1H3,(H,22,23,25). The van der Waals surface area contributed by atoms with E-state index in [2.05, 4.69) is 9.97 Å². The minimum atomic E-state index is -0.239. The molecule has 5 nitrogen and oxygen atoms in total. The minimum Gasteiger partial charge on any atom is -0.331 e. The van der Waals surface area contributed by atoms with Crippen LogP contribution in [0.4, 0.5) is 0 Å². The second-order valence-electron chi connectivity index (χ2n) is 6.14. The number of rotatable bonds is 4. The molecule has 4 rings (SSSR count). The number of benzene rings is 2. The van der Waals surface area contributed by atoms with Crippen LogP contribution >= 0.6 is 22.9 Å². The zero-order valence-corrected chi connectivity index (χ0v) is 16.1. The van der Waals surface area contributed by atoms with Gasteiger partial charge in [0.2, 0.25) is 0 Å². The van der Waals surface area contributed by atoms with Gasteiger partial charge in [-0.25, -0.2) is 4.98 Å². The number of aromatic nitrogens is 2. The highest BCUT2D eigenvalue weighted by atomic mass is 35.5. The van der Waals surface area contributed by atoms with Crippen LogP contribution in [0.1, 0.15) is 22.4 Å². The largest absolute Gasteiger partial charge is 0.331 e. The quantitative estimate of drug-likeness (QED) is 0.553. The van der Waals surface area contributed by atoms with Gasteiger partial charge in [-0.15, -0.1) is 11.3 Å². The number of nitrogens with zero attached hydrogens (tertiary/aromatic N) is 2. The van der Waals surface area contributed by atoms with Gasteiger partial charge in [0.1, 0.15) is 5.82 Å². The first kappa shape index (κ1) is 17.7. The van der Waals surface area contributed by atoms with Crippen molar-refractivity contribution in [1.82, 2.24) is 14.9 Å². The lowest BCUT2D eigenvalue weighted by Gasteiger charge is -2.19. The molecule has 2 heterocycles.